The lowest BCUT2D eigenvalue weighted by Crippen LogP contribution is -2.53. The number of amides is 1. The van der Waals surface area contributed by atoms with Gasteiger partial charge in [0, 0.05) is 38.9 Å². The molecule has 0 saturated carbocycles. The van der Waals surface area contributed by atoms with Crippen molar-refractivity contribution in [3.63, 3.8) is 0 Å². The van der Waals surface area contributed by atoms with Crippen LogP contribution in [0.1, 0.15) is 12.1 Å². The standard InChI is InChI=1S/C20H23FN4O3S/c21-17-6-1-2-7-19(17)29(27,28)25-13-11-23(12-14-25)18-8-10-24(20(18)26)15-16-5-3-4-9-22-16/h1-7,9,18H,8,10-15H2. The Morgan fingerprint density at radius 1 is 1.00 bits per heavy atom. The van der Waals surface area contributed by atoms with Gasteiger partial charge in [-0.25, -0.2) is 12.8 Å². The number of sulfonamides is 1. The van der Waals surface area contributed by atoms with Gasteiger partial charge in [0.05, 0.1) is 18.3 Å². The zero-order valence-electron chi connectivity index (χ0n) is 15.9. The van der Waals surface area contributed by atoms with Crippen molar-refractivity contribution in [3.8, 4) is 0 Å². The zero-order chi connectivity index (χ0) is 20.4. The second-order valence-electron chi connectivity index (χ2n) is 7.26. The summed E-state index contributed by atoms with van der Waals surface area (Å²) in [5.41, 5.74) is 0.849. The summed E-state index contributed by atoms with van der Waals surface area (Å²) in [6.45, 7) is 2.51. The number of piperazine rings is 1. The summed E-state index contributed by atoms with van der Waals surface area (Å²) in [5.74, 6) is -0.688. The molecule has 2 saturated heterocycles. The van der Waals surface area contributed by atoms with Gasteiger partial charge in [-0.3, -0.25) is 14.7 Å². The second kappa shape index (κ2) is 8.17. The molecule has 2 fully saturated rings. The normalized spacial score (nSPS) is 21.6. The second-order valence-corrected chi connectivity index (χ2v) is 9.16. The largest absolute Gasteiger partial charge is 0.335 e. The van der Waals surface area contributed by atoms with Crippen molar-refractivity contribution in [3.05, 3.63) is 60.2 Å². The molecule has 154 valence electrons. The van der Waals surface area contributed by atoms with E-state index in [0.29, 0.717) is 32.6 Å². The van der Waals surface area contributed by atoms with Crippen LogP contribution in [0.2, 0.25) is 0 Å². The van der Waals surface area contributed by atoms with Crippen LogP contribution in [-0.4, -0.2) is 72.2 Å². The minimum absolute atomic E-state index is 0.0565. The summed E-state index contributed by atoms with van der Waals surface area (Å²) < 4.78 is 40.7. The first-order valence-corrected chi connectivity index (χ1v) is 11.1. The maximum Gasteiger partial charge on any atom is 0.246 e. The van der Waals surface area contributed by atoms with E-state index in [1.54, 1.807) is 11.1 Å². The van der Waals surface area contributed by atoms with Crippen molar-refractivity contribution in [2.45, 2.75) is 23.9 Å². The van der Waals surface area contributed by atoms with E-state index in [1.165, 1.54) is 22.5 Å². The molecule has 2 aliphatic rings. The molecule has 0 bridgehead atoms. The number of hydrogen-bond donors (Lipinski definition) is 0. The van der Waals surface area contributed by atoms with E-state index in [9.17, 15) is 17.6 Å². The number of nitrogens with zero attached hydrogens (tertiary/aromatic N) is 4. The molecular weight excluding hydrogens is 395 g/mol. The van der Waals surface area contributed by atoms with E-state index in [1.807, 2.05) is 23.1 Å². The fourth-order valence-electron chi connectivity index (χ4n) is 3.95. The molecule has 1 aromatic carbocycles. The lowest BCUT2D eigenvalue weighted by Gasteiger charge is -2.36. The van der Waals surface area contributed by atoms with Crippen molar-refractivity contribution in [2.75, 3.05) is 32.7 Å². The molecule has 0 spiro atoms. The third-order valence-electron chi connectivity index (χ3n) is 5.52. The molecule has 2 aromatic rings. The monoisotopic (exact) mass is 418 g/mol. The maximum atomic E-state index is 14.0. The Morgan fingerprint density at radius 3 is 2.41 bits per heavy atom. The van der Waals surface area contributed by atoms with Crippen molar-refractivity contribution in [1.29, 1.82) is 0 Å². The van der Waals surface area contributed by atoms with Gasteiger partial charge < -0.3 is 4.90 Å². The van der Waals surface area contributed by atoms with Crippen LogP contribution in [0.25, 0.3) is 0 Å². The molecule has 0 radical (unpaired) electrons. The van der Waals surface area contributed by atoms with Gasteiger partial charge in [-0.05, 0) is 30.7 Å². The van der Waals surface area contributed by atoms with Gasteiger partial charge in [-0.15, -0.1) is 0 Å². The molecule has 4 rings (SSSR count). The van der Waals surface area contributed by atoms with Crippen molar-refractivity contribution in [2.24, 2.45) is 0 Å². The summed E-state index contributed by atoms with van der Waals surface area (Å²) in [5, 5.41) is 0. The number of likely N-dealkylation sites (tertiary alicyclic amines) is 1. The fraction of sp³-hybridized carbons (Fsp3) is 0.400. The van der Waals surface area contributed by atoms with Crippen LogP contribution in [0.4, 0.5) is 4.39 Å². The highest BCUT2D eigenvalue weighted by Crippen LogP contribution is 2.24. The Kier molecular flexibility index (Phi) is 5.62. The Labute approximate surface area is 169 Å². The summed E-state index contributed by atoms with van der Waals surface area (Å²) in [4.78, 5) is 20.6. The van der Waals surface area contributed by atoms with Gasteiger partial charge in [0.25, 0.3) is 0 Å². The highest BCUT2D eigenvalue weighted by atomic mass is 32.2. The van der Waals surface area contributed by atoms with Gasteiger partial charge in [0.1, 0.15) is 10.7 Å². The molecule has 1 amide bonds. The number of benzene rings is 1. The van der Waals surface area contributed by atoms with E-state index in [-0.39, 0.29) is 29.9 Å². The molecule has 0 aliphatic carbocycles. The number of carbonyl (C=O) groups is 1. The van der Waals surface area contributed by atoms with E-state index in [0.717, 1.165) is 11.8 Å². The van der Waals surface area contributed by atoms with Crippen molar-refractivity contribution >= 4 is 15.9 Å². The van der Waals surface area contributed by atoms with E-state index < -0.39 is 15.8 Å². The number of halogens is 1. The molecule has 7 nitrogen and oxygen atoms in total. The van der Waals surface area contributed by atoms with E-state index in [2.05, 4.69) is 4.98 Å². The summed E-state index contributed by atoms with van der Waals surface area (Å²) in [6.07, 6.45) is 2.42. The first-order chi connectivity index (χ1) is 14.0. The van der Waals surface area contributed by atoms with Crippen LogP contribution < -0.4 is 0 Å². The molecule has 1 unspecified atom stereocenters. The molecule has 29 heavy (non-hydrogen) atoms. The SMILES string of the molecule is O=C1C(N2CCN(S(=O)(=O)c3ccccc3F)CC2)CCN1Cc1ccccn1. The van der Waals surface area contributed by atoms with Crippen LogP contribution >= 0.6 is 0 Å². The predicted molar refractivity (Wildman–Crippen MR) is 105 cm³/mol. The van der Waals surface area contributed by atoms with E-state index >= 15 is 0 Å². The smallest absolute Gasteiger partial charge is 0.246 e. The molecular formula is C20H23FN4O3S. The predicted octanol–water partition coefficient (Wildman–Crippen LogP) is 1.33. The van der Waals surface area contributed by atoms with Crippen LogP contribution in [0.3, 0.4) is 0 Å². The Balaban J connectivity index is 1.38. The highest BCUT2D eigenvalue weighted by Gasteiger charge is 2.39. The van der Waals surface area contributed by atoms with Crippen LogP contribution in [0.15, 0.2) is 53.6 Å². The number of rotatable bonds is 5. The first-order valence-electron chi connectivity index (χ1n) is 9.64. The average Bonchev–Trinajstić information content (AvgIpc) is 3.09. The number of pyridine rings is 1. The van der Waals surface area contributed by atoms with Crippen LogP contribution in [-0.2, 0) is 21.4 Å². The quantitative estimate of drug-likeness (QED) is 0.733. The first kappa shape index (κ1) is 19.9. The average molecular weight is 418 g/mol. The molecule has 2 aliphatic heterocycles. The lowest BCUT2D eigenvalue weighted by molar-refractivity contribution is -0.133. The van der Waals surface area contributed by atoms with Gasteiger partial charge in [-0.2, -0.15) is 4.31 Å². The highest BCUT2D eigenvalue weighted by molar-refractivity contribution is 7.89. The van der Waals surface area contributed by atoms with Gasteiger partial charge in [-0.1, -0.05) is 18.2 Å². The Bertz CT molecular complexity index is 978. The lowest BCUT2D eigenvalue weighted by atomic mass is 10.2. The molecule has 9 heteroatoms. The fourth-order valence-corrected chi connectivity index (χ4v) is 5.44. The summed E-state index contributed by atoms with van der Waals surface area (Å²) in [6, 6.07) is 10.8. The number of carbonyl (C=O) groups excluding carboxylic acids is 1. The summed E-state index contributed by atoms with van der Waals surface area (Å²) >= 11 is 0. The molecule has 1 aromatic heterocycles. The van der Waals surface area contributed by atoms with Crippen molar-refractivity contribution in [1.82, 2.24) is 19.1 Å². The maximum absolute atomic E-state index is 14.0. The topological polar surface area (TPSA) is 73.8 Å². The molecule has 0 N–H and O–H groups in total. The third-order valence-corrected chi connectivity index (χ3v) is 7.45. The Hall–Kier alpha value is -2.36. The summed E-state index contributed by atoms with van der Waals surface area (Å²) in [7, 11) is -3.88. The Morgan fingerprint density at radius 2 is 1.72 bits per heavy atom. The van der Waals surface area contributed by atoms with Crippen LogP contribution in [0.5, 0.6) is 0 Å². The van der Waals surface area contributed by atoms with Crippen molar-refractivity contribution < 1.29 is 17.6 Å². The van der Waals surface area contributed by atoms with E-state index in [4.69, 9.17) is 0 Å². The number of aromatic nitrogens is 1. The minimum Gasteiger partial charge on any atom is -0.335 e. The number of hydrogen-bond acceptors (Lipinski definition) is 5. The minimum atomic E-state index is -3.88. The molecule has 3 heterocycles. The van der Waals surface area contributed by atoms with Crippen LogP contribution in [0, 0.1) is 5.82 Å². The van der Waals surface area contributed by atoms with Gasteiger partial charge in [0.2, 0.25) is 15.9 Å². The van der Waals surface area contributed by atoms with Gasteiger partial charge in [0.15, 0.2) is 0 Å². The molecule has 1 atom stereocenters. The van der Waals surface area contributed by atoms with Gasteiger partial charge >= 0.3 is 0 Å². The zero-order valence-corrected chi connectivity index (χ0v) is 16.8. The third kappa shape index (κ3) is 4.03.